The Balaban J connectivity index is 1.36. The van der Waals surface area contributed by atoms with Crippen LogP contribution >= 0.6 is 23.1 Å². The highest BCUT2D eigenvalue weighted by Crippen LogP contribution is 2.47. The summed E-state index contributed by atoms with van der Waals surface area (Å²) < 4.78 is 20.0. The van der Waals surface area contributed by atoms with E-state index in [1.54, 1.807) is 47.4 Å². The van der Waals surface area contributed by atoms with Gasteiger partial charge in [-0.15, -0.1) is 10.2 Å². The van der Waals surface area contributed by atoms with E-state index in [4.69, 9.17) is 5.73 Å². The Hall–Kier alpha value is -4.54. The lowest BCUT2D eigenvalue weighted by Crippen LogP contribution is -2.38. The molecule has 1 atom stereocenters. The van der Waals surface area contributed by atoms with Gasteiger partial charge in [-0.25, -0.2) is 9.18 Å². The number of anilines is 2. The first kappa shape index (κ1) is 28.0. The van der Waals surface area contributed by atoms with Crippen LogP contribution in [0.2, 0.25) is 0 Å². The number of thioether (sulfide) groups is 1. The maximum absolute atomic E-state index is 14.9. The molecule has 2 heterocycles. The summed E-state index contributed by atoms with van der Waals surface area (Å²) in [5, 5.41) is 21.6. The second-order valence-corrected chi connectivity index (χ2v) is 11.3. The third kappa shape index (κ3) is 5.57. The van der Waals surface area contributed by atoms with Gasteiger partial charge < -0.3 is 15.8 Å². The fraction of sp³-hybridized carbons (Fsp3) is 0.214. The summed E-state index contributed by atoms with van der Waals surface area (Å²) in [6.07, 6.45) is 1.35. The van der Waals surface area contributed by atoms with Gasteiger partial charge in [-0.1, -0.05) is 41.3 Å². The third-order valence-electron chi connectivity index (χ3n) is 6.63. The summed E-state index contributed by atoms with van der Waals surface area (Å²) in [5.74, 6) is -2.27. The number of hydrogen-bond donors (Lipinski definition) is 2. The first-order chi connectivity index (χ1) is 19.8. The highest BCUT2D eigenvalue weighted by molar-refractivity contribution is 8.01. The molecule has 208 valence electrons. The predicted molar refractivity (Wildman–Crippen MR) is 151 cm³/mol. The second-order valence-electron chi connectivity index (χ2n) is 9.09. The van der Waals surface area contributed by atoms with Gasteiger partial charge in [-0.2, -0.15) is 5.26 Å². The van der Waals surface area contributed by atoms with E-state index in [2.05, 4.69) is 26.3 Å². The minimum Gasteiger partial charge on any atom is -0.465 e. The van der Waals surface area contributed by atoms with Gasteiger partial charge in [0, 0.05) is 28.9 Å². The topological polar surface area (TPSA) is 151 Å². The quantitative estimate of drug-likeness (QED) is 0.297. The summed E-state index contributed by atoms with van der Waals surface area (Å²) in [6, 6.07) is 14.5. The van der Waals surface area contributed by atoms with Gasteiger partial charge in [0.1, 0.15) is 11.6 Å². The van der Waals surface area contributed by atoms with Crippen LogP contribution in [0, 0.1) is 17.1 Å². The molecule has 2 aliphatic rings. The lowest BCUT2D eigenvalue weighted by Gasteiger charge is -2.38. The number of nitrogens with two attached hydrogens (primary N) is 1. The molecule has 1 amide bonds. The number of esters is 1. The predicted octanol–water partition coefficient (Wildman–Crippen LogP) is 4.50. The van der Waals surface area contributed by atoms with Crippen LogP contribution in [0.25, 0.3) is 0 Å². The van der Waals surface area contributed by atoms with Crippen LogP contribution in [-0.4, -0.2) is 40.7 Å². The lowest BCUT2D eigenvalue weighted by molar-refractivity contribution is -0.116. The largest absolute Gasteiger partial charge is 0.465 e. The Morgan fingerprint density at radius 3 is 2.68 bits per heavy atom. The van der Waals surface area contributed by atoms with Gasteiger partial charge in [-0.3, -0.25) is 14.5 Å². The van der Waals surface area contributed by atoms with Crippen molar-refractivity contribution in [2.24, 2.45) is 5.73 Å². The van der Waals surface area contributed by atoms with Crippen molar-refractivity contribution < 1.29 is 23.5 Å². The van der Waals surface area contributed by atoms with E-state index in [0.29, 0.717) is 44.8 Å². The summed E-state index contributed by atoms with van der Waals surface area (Å²) in [4.78, 5) is 38.8. The molecule has 2 aromatic carbocycles. The molecule has 41 heavy (non-hydrogen) atoms. The van der Waals surface area contributed by atoms with E-state index in [9.17, 15) is 24.0 Å². The summed E-state index contributed by atoms with van der Waals surface area (Å²) in [6.45, 7) is 0. The van der Waals surface area contributed by atoms with E-state index in [0.717, 1.165) is 23.1 Å². The van der Waals surface area contributed by atoms with Gasteiger partial charge in [0.2, 0.25) is 11.0 Å². The number of hydrogen-bond acceptors (Lipinski definition) is 11. The van der Waals surface area contributed by atoms with E-state index < -0.39 is 17.7 Å². The highest BCUT2D eigenvalue weighted by Gasteiger charge is 2.42. The third-order valence-corrected chi connectivity index (χ3v) is 8.67. The summed E-state index contributed by atoms with van der Waals surface area (Å²) in [7, 11) is 1.29. The van der Waals surface area contributed by atoms with Crippen LogP contribution in [0.3, 0.4) is 0 Å². The Morgan fingerprint density at radius 1 is 1.22 bits per heavy atom. The first-order valence-corrected chi connectivity index (χ1v) is 14.3. The Kier molecular flexibility index (Phi) is 8.14. The Bertz CT molecular complexity index is 1640. The van der Waals surface area contributed by atoms with E-state index in [1.807, 2.05) is 0 Å². The minimum atomic E-state index is -0.910. The zero-order valence-corrected chi connectivity index (χ0v) is 23.4. The van der Waals surface area contributed by atoms with Gasteiger partial charge in [-0.05, 0) is 43.2 Å². The molecule has 0 bridgehead atoms. The van der Waals surface area contributed by atoms with Crippen LogP contribution in [0.4, 0.5) is 15.2 Å². The SMILES string of the molecule is COC(=O)c1ccc(NC(=O)CSc2nnc(N3C(N)=C(C#N)C(c4ccccc4F)C4=C3CCCC4=O)s2)cc1. The molecule has 3 aromatic rings. The van der Waals surface area contributed by atoms with Crippen LogP contribution in [0.15, 0.2) is 75.5 Å². The lowest BCUT2D eigenvalue weighted by atomic mass is 9.75. The fourth-order valence-electron chi connectivity index (χ4n) is 4.81. The van der Waals surface area contributed by atoms with E-state index in [-0.39, 0.29) is 40.8 Å². The fourth-order valence-corrected chi connectivity index (χ4v) is 6.49. The van der Waals surface area contributed by atoms with Gasteiger partial charge in [0.25, 0.3) is 0 Å². The molecular weight excluding hydrogens is 567 g/mol. The molecule has 1 aromatic heterocycles. The van der Waals surface area contributed by atoms with Crippen LogP contribution in [-0.2, 0) is 14.3 Å². The van der Waals surface area contributed by atoms with Crippen molar-refractivity contribution in [1.82, 2.24) is 10.2 Å². The zero-order chi connectivity index (χ0) is 29.1. The van der Waals surface area contributed by atoms with Crippen molar-refractivity contribution in [1.29, 1.82) is 5.26 Å². The number of amides is 1. The highest BCUT2D eigenvalue weighted by atomic mass is 32.2. The van der Waals surface area contributed by atoms with Crippen molar-refractivity contribution in [2.75, 3.05) is 23.1 Å². The van der Waals surface area contributed by atoms with Crippen LogP contribution in [0.1, 0.15) is 41.1 Å². The number of methoxy groups -OCH3 is 1. The number of aromatic nitrogens is 2. The van der Waals surface area contributed by atoms with Crippen molar-refractivity contribution in [3.05, 3.63) is 88.1 Å². The Labute approximate surface area is 242 Å². The molecule has 0 radical (unpaired) electrons. The molecule has 13 heteroatoms. The molecule has 3 N–H and O–H groups in total. The minimum absolute atomic E-state index is 0.0317. The smallest absolute Gasteiger partial charge is 0.337 e. The average Bonchev–Trinajstić information content (AvgIpc) is 3.44. The number of nitrogens with one attached hydrogen (secondary N) is 1. The Morgan fingerprint density at radius 2 is 1.98 bits per heavy atom. The standard InChI is InChI=1S/C28H23FN6O4S2/c1-39-26(38)15-9-11-16(12-10-15)32-22(37)14-40-28-34-33-27(41-28)35-20-7-4-8-21(36)24(20)23(18(13-30)25(35)31)17-5-2-3-6-19(17)29/h2-3,5-6,9-12,23H,4,7-8,14,31H2,1H3,(H,32,37). The molecule has 10 nitrogen and oxygen atoms in total. The van der Waals surface area contributed by atoms with Crippen molar-refractivity contribution >= 4 is 51.6 Å². The molecule has 0 fully saturated rings. The second kappa shape index (κ2) is 11.9. The molecule has 1 aliphatic carbocycles. The summed E-state index contributed by atoms with van der Waals surface area (Å²) >= 11 is 2.32. The molecule has 0 saturated carbocycles. The van der Waals surface area contributed by atoms with Crippen LogP contribution < -0.4 is 16.0 Å². The number of allylic oxidation sites excluding steroid dienone is 3. The monoisotopic (exact) mass is 590 g/mol. The number of carbonyl (C=O) groups is 3. The number of halogens is 1. The number of carbonyl (C=O) groups excluding carboxylic acids is 3. The van der Waals surface area contributed by atoms with Crippen molar-refractivity contribution in [2.45, 2.75) is 29.5 Å². The molecule has 5 rings (SSSR count). The number of Topliss-reactive ketones (excluding diaryl/α,β-unsaturated/α-hetero) is 1. The maximum Gasteiger partial charge on any atom is 0.337 e. The van der Waals surface area contributed by atoms with Gasteiger partial charge in [0.15, 0.2) is 10.1 Å². The van der Waals surface area contributed by atoms with Crippen molar-refractivity contribution in [3.8, 4) is 6.07 Å². The number of nitriles is 1. The number of ether oxygens (including phenoxy) is 1. The molecule has 0 spiro atoms. The van der Waals surface area contributed by atoms with Crippen LogP contribution in [0.5, 0.6) is 0 Å². The zero-order valence-electron chi connectivity index (χ0n) is 21.7. The molecular formula is C28H23FN6O4S2. The normalized spacial score (nSPS) is 16.8. The molecule has 1 unspecified atom stereocenters. The summed E-state index contributed by atoms with van der Waals surface area (Å²) in [5.41, 5.74) is 8.58. The van der Waals surface area contributed by atoms with E-state index in [1.165, 1.54) is 13.2 Å². The number of ketones is 1. The van der Waals surface area contributed by atoms with E-state index >= 15 is 0 Å². The number of nitrogens with zero attached hydrogens (tertiary/aromatic N) is 4. The average molecular weight is 591 g/mol. The molecule has 0 saturated heterocycles. The maximum atomic E-state index is 14.9. The first-order valence-electron chi connectivity index (χ1n) is 12.5. The number of rotatable bonds is 7. The van der Waals surface area contributed by atoms with Gasteiger partial charge >= 0.3 is 5.97 Å². The molecule has 1 aliphatic heterocycles. The number of benzene rings is 2. The van der Waals surface area contributed by atoms with Gasteiger partial charge in [0.05, 0.1) is 36.0 Å². The van der Waals surface area contributed by atoms with Crippen molar-refractivity contribution in [3.63, 3.8) is 0 Å².